The number of hydrogen-bond donors (Lipinski definition) is 3. The number of carbonyl (C=O) groups is 1. The number of rotatable bonds is 9. The Labute approximate surface area is 193 Å². The van der Waals surface area contributed by atoms with Crippen molar-refractivity contribution in [1.29, 1.82) is 0 Å². The van der Waals surface area contributed by atoms with Crippen molar-refractivity contribution in [2.75, 3.05) is 32.0 Å². The Morgan fingerprint density at radius 3 is 2.62 bits per heavy atom. The minimum absolute atomic E-state index is 0.307. The van der Waals surface area contributed by atoms with Crippen molar-refractivity contribution in [2.45, 2.75) is 0 Å². The largest absolute Gasteiger partial charge is 0.493 e. The van der Waals surface area contributed by atoms with Crippen LogP contribution in [-0.2, 0) is 4.79 Å². The maximum Gasteiger partial charge on any atom is 0.247 e. The smallest absolute Gasteiger partial charge is 0.247 e. The maximum atomic E-state index is 11.5. The fourth-order valence-electron chi connectivity index (χ4n) is 2.72. The third-order valence-electron chi connectivity index (χ3n) is 4.14. The summed E-state index contributed by atoms with van der Waals surface area (Å²) in [5.74, 6) is 1.87. The van der Waals surface area contributed by atoms with Crippen molar-refractivity contribution < 1.29 is 19.0 Å². The van der Waals surface area contributed by atoms with E-state index in [-0.39, 0.29) is 5.91 Å². The second-order valence-electron chi connectivity index (χ2n) is 6.14. The Bertz CT molecular complexity index is 1200. The zero-order chi connectivity index (χ0) is 23.1. The number of nitrogens with zero attached hydrogens (tertiary/aromatic N) is 2. The molecule has 0 radical (unpaired) electrons. The third-order valence-corrected chi connectivity index (χ3v) is 4.72. The van der Waals surface area contributed by atoms with Crippen molar-refractivity contribution in [3.8, 4) is 17.2 Å². The quantitative estimate of drug-likeness (QED) is 0.354. The van der Waals surface area contributed by atoms with Gasteiger partial charge >= 0.3 is 0 Å². The maximum absolute atomic E-state index is 11.5. The van der Waals surface area contributed by atoms with E-state index in [0.717, 1.165) is 0 Å². The molecule has 0 bridgehead atoms. The number of nitrogens with one attached hydrogen (secondary N) is 3. The number of methoxy groups -OCH3 is 3. The van der Waals surface area contributed by atoms with Crippen LogP contribution in [0, 0.1) is 0 Å². The summed E-state index contributed by atoms with van der Waals surface area (Å²) in [7, 11) is 4.61. The van der Waals surface area contributed by atoms with E-state index in [1.807, 2.05) is 0 Å². The normalized spacial score (nSPS) is 11.8. The Morgan fingerprint density at radius 1 is 1.16 bits per heavy atom. The van der Waals surface area contributed by atoms with E-state index in [1.54, 1.807) is 37.6 Å². The molecule has 1 aromatic heterocycles. The van der Waals surface area contributed by atoms with Gasteiger partial charge in [-0.15, -0.1) is 0 Å². The third kappa shape index (κ3) is 5.19. The van der Waals surface area contributed by atoms with Gasteiger partial charge in [-0.2, -0.15) is 4.98 Å². The van der Waals surface area contributed by atoms with Crippen molar-refractivity contribution >= 4 is 39.3 Å². The van der Waals surface area contributed by atoms with Crippen LogP contribution in [0.1, 0.15) is 0 Å². The highest BCUT2D eigenvalue weighted by Gasteiger charge is 2.17. The highest BCUT2D eigenvalue weighted by Crippen LogP contribution is 2.43. The molecule has 3 rings (SSSR count). The van der Waals surface area contributed by atoms with Gasteiger partial charge in [0, 0.05) is 12.3 Å². The van der Waals surface area contributed by atoms with E-state index < -0.39 is 0 Å². The first-order valence-corrected chi connectivity index (χ1v) is 10.0. The van der Waals surface area contributed by atoms with Crippen LogP contribution in [0.3, 0.4) is 0 Å². The zero-order valence-electron chi connectivity index (χ0n) is 17.6. The molecule has 10 heteroatoms. The minimum Gasteiger partial charge on any atom is -0.493 e. The standard InChI is InChI=1S/C22H20BrN5O4/c1-5-18(29)25-13-7-6-8-14(11-13)26-21-15(23)12-24-22(28-21)27-16-9-10-17(30-2)20(32-4)19(16)31-3/h5,7,9-12H,1H2,2-4H3,(H,25,29)(H2,24,26,27,28). The molecule has 1 aliphatic carbocycles. The molecule has 0 aliphatic heterocycles. The summed E-state index contributed by atoms with van der Waals surface area (Å²) in [6.07, 6.45) is 6.07. The highest BCUT2D eigenvalue weighted by molar-refractivity contribution is 9.10. The van der Waals surface area contributed by atoms with Gasteiger partial charge in [-0.25, -0.2) is 4.98 Å². The van der Waals surface area contributed by atoms with E-state index in [9.17, 15) is 4.79 Å². The second-order valence-corrected chi connectivity index (χ2v) is 7.00. The first-order valence-electron chi connectivity index (χ1n) is 9.21. The number of aromatic nitrogens is 2. The Kier molecular flexibility index (Phi) is 7.36. The van der Waals surface area contributed by atoms with Crippen LogP contribution < -0.4 is 30.2 Å². The van der Waals surface area contributed by atoms with Gasteiger partial charge < -0.3 is 30.2 Å². The number of carbonyl (C=O) groups excluding carboxylic acids is 1. The monoisotopic (exact) mass is 497 g/mol. The van der Waals surface area contributed by atoms with Crippen LogP contribution in [0.4, 0.5) is 17.5 Å². The van der Waals surface area contributed by atoms with Crippen LogP contribution in [-0.4, -0.2) is 37.2 Å². The van der Waals surface area contributed by atoms with Crippen LogP contribution in [0.2, 0.25) is 0 Å². The molecule has 1 amide bonds. The molecule has 164 valence electrons. The summed E-state index contributed by atoms with van der Waals surface area (Å²) in [4.78, 5) is 20.3. The van der Waals surface area contributed by atoms with Gasteiger partial charge in [-0.05, 0) is 45.9 Å². The van der Waals surface area contributed by atoms with E-state index in [1.165, 1.54) is 20.3 Å². The first kappa shape index (κ1) is 22.7. The molecular weight excluding hydrogens is 478 g/mol. The summed E-state index contributed by atoms with van der Waals surface area (Å²) in [5.41, 5.74) is 7.43. The van der Waals surface area contributed by atoms with Crippen LogP contribution in [0.25, 0.3) is 0 Å². The van der Waals surface area contributed by atoms with Crippen molar-refractivity contribution in [1.82, 2.24) is 15.3 Å². The van der Waals surface area contributed by atoms with Crippen LogP contribution in [0.15, 0.2) is 70.5 Å². The van der Waals surface area contributed by atoms with Gasteiger partial charge in [0.2, 0.25) is 17.6 Å². The van der Waals surface area contributed by atoms with Crippen LogP contribution >= 0.6 is 15.9 Å². The number of ether oxygens (including phenoxy) is 3. The molecule has 1 aromatic carbocycles. The summed E-state index contributed by atoms with van der Waals surface area (Å²) in [6.45, 7) is 3.44. The Balaban J connectivity index is 1.86. The molecule has 0 spiro atoms. The van der Waals surface area contributed by atoms with Gasteiger partial charge in [0.15, 0.2) is 17.3 Å². The lowest BCUT2D eigenvalue weighted by molar-refractivity contribution is -0.115. The van der Waals surface area contributed by atoms with Gasteiger partial charge in [0.1, 0.15) is 0 Å². The number of halogens is 1. The molecule has 0 atom stereocenters. The lowest BCUT2D eigenvalue weighted by Crippen LogP contribution is -2.19. The van der Waals surface area contributed by atoms with Gasteiger partial charge in [0.25, 0.3) is 0 Å². The molecule has 3 N–H and O–H groups in total. The molecule has 0 saturated heterocycles. The number of amides is 1. The second kappa shape index (κ2) is 10.4. The highest BCUT2D eigenvalue weighted by atomic mass is 79.9. The van der Waals surface area contributed by atoms with Crippen LogP contribution in [0.5, 0.6) is 17.2 Å². The van der Waals surface area contributed by atoms with Gasteiger partial charge in [-0.1, -0.05) is 12.3 Å². The molecule has 0 fully saturated rings. The fraction of sp³-hybridized carbons (Fsp3) is 0.136. The van der Waals surface area contributed by atoms with Gasteiger partial charge in [-0.3, -0.25) is 4.79 Å². The number of anilines is 3. The molecule has 0 saturated carbocycles. The summed E-state index contributed by atoms with van der Waals surface area (Å²) in [6, 6.07) is 3.52. The molecule has 9 nitrogen and oxygen atoms in total. The van der Waals surface area contributed by atoms with Crippen molar-refractivity contribution in [3.05, 3.63) is 70.5 Å². The SMILES string of the molecule is C=CC(=O)NC1=CC(Nc2nc(Nc3ccc(OC)c(OC)c3OC)ncc2Br)=C=C=C1. The minimum atomic E-state index is -0.325. The lowest BCUT2D eigenvalue weighted by Gasteiger charge is -2.16. The number of benzene rings is 1. The topological polar surface area (TPSA) is 107 Å². The summed E-state index contributed by atoms with van der Waals surface area (Å²) in [5, 5.41) is 8.91. The number of hydrogen-bond acceptors (Lipinski definition) is 8. The van der Waals surface area contributed by atoms with Gasteiger partial charge in [0.05, 0.1) is 42.9 Å². The predicted molar refractivity (Wildman–Crippen MR) is 124 cm³/mol. The van der Waals surface area contributed by atoms with Crippen molar-refractivity contribution in [3.63, 3.8) is 0 Å². The van der Waals surface area contributed by atoms with Crippen molar-refractivity contribution in [2.24, 2.45) is 0 Å². The Hall–Kier alpha value is -3.97. The van der Waals surface area contributed by atoms with E-state index in [4.69, 9.17) is 14.2 Å². The molecule has 0 unspecified atom stereocenters. The Morgan fingerprint density at radius 2 is 1.94 bits per heavy atom. The molecular formula is C22H20BrN5O4. The van der Waals surface area contributed by atoms with E-state index in [2.05, 4.69) is 59.9 Å². The number of allylic oxidation sites excluding steroid dienone is 2. The first-order chi connectivity index (χ1) is 15.5. The lowest BCUT2D eigenvalue weighted by atomic mass is 10.2. The average molecular weight is 498 g/mol. The molecule has 1 heterocycles. The molecule has 32 heavy (non-hydrogen) atoms. The van der Waals surface area contributed by atoms with E-state index >= 15 is 0 Å². The average Bonchev–Trinajstić information content (AvgIpc) is 2.80. The summed E-state index contributed by atoms with van der Waals surface area (Å²) < 4.78 is 16.8. The van der Waals surface area contributed by atoms with E-state index in [0.29, 0.717) is 50.6 Å². The zero-order valence-corrected chi connectivity index (χ0v) is 19.2. The summed E-state index contributed by atoms with van der Waals surface area (Å²) >= 11 is 3.43. The molecule has 2 aromatic rings. The predicted octanol–water partition coefficient (Wildman–Crippen LogP) is 3.81. The molecule has 1 aliphatic rings. The fourth-order valence-corrected chi connectivity index (χ4v) is 3.01.